The van der Waals surface area contributed by atoms with Gasteiger partial charge in [0.1, 0.15) is 17.0 Å². The van der Waals surface area contributed by atoms with Crippen LogP contribution in [0.15, 0.2) is 29.5 Å². The third kappa shape index (κ3) is 3.73. The van der Waals surface area contributed by atoms with Crippen molar-refractivity contribution in [1.29, 1.82) is 0 Å². The Kier molecular flexibility index (Phi) is 5.28. The van der Waals surface area contributed by atoms with E-state index in [-0.39, 0.29) is 17.7 Å². The van der Waals surface area contributed by atoms with Crippen molar-refractivity contribution in [3.8, 4) is 0 Å². The molecule has 174 valence electrons. The number of anilines is 2. The number of hydrogen-bond donors (Lipinski definition) is 1. The van der Waals surface area contributed by atoms with Gasteiger partial charge in [-0.3, -0.25) is 14.6 Å². The number of rotatable bonds is 3. The zero-order valence-electron chi connectivity index (χ0n) is 19.1. The summed E-state index contributed by atoms with van der Waals surface area (Å²) < 4.78 is 0. The van der Waals surface area contributed by atoms with Gasteiger partial charge in [0.2, 0.25) is 11.8 Å². The molecule has 6 rings (SSSR count). The van der Waals surface area contributed by atoms with Crippen LogP contribution in [-0.4, -0.2) is 64.0 Å². The molecule has 0 saturated carbocycles. The van der Waals surface area contributed by atoms with Gasteiger partial charge in [-0.1, -0.05) is 6.07 Å². The summed E-state index contributed by atoms with van der Waals surface area (Å²) in [5.74, 6) is 1.11. The molecule has 1 saturated heterocycles. The van der Waals surface area contributed by atoms with E-state index in [0.29, 0.717) is 26.2 Å². The smallest absolute Gasteiger partial charge is 0.226 e. The van der Waals surface area contributed by atoms with Crippen molar-refractivity contribution in [3.63, 3.8) is 0 Å². The molecule has 34 heavy (non-hydrogen) atoms. The summed E-state index contributed by atoms with van der Waals surface area (Å²) in [5, 5.41) is 4.58. The fourth-order valence-electron chi connectivity index (χ4n) is 5.23. The molecule has 4 heterocycles. The summed E-state index contributed by atoms with van der Waals surface area (Å²) in [4.78, 5) is 44.2. The van der Waals surface area contributed by atoms with Crippen LogP contribution in [0, 0.1) is 5.92 Å². The van der Waals surface area contributed by atoms with Crippen LogP contribution in [0.5, 0.6) is 0 Å². The first-order chi connectivity index (χ1) is 16.6. The van der Waals surface area contributed by atoms with Gasteiger partial charge in [-0.25, -0.2) is 9.97 Å². The Morgan fingerprint density at radius 2 is 1.94 bits per heavy atom. The van der Waals surface area contributed by atoms with Crippen LogP contribution in [0.2, 0.25) is 0 Å². The maximum absolute atomic E-state index is 13.2. The normalized spacial score (nSPS) is 19.3. The number of benzene rings is 1. The maximum atomic E-state index is 13.2. The van der Waals surface area contributed by atoms with E-state index in [4.69, 9.17) is 0 Å². The molecule has 3 aromatic rings. The van der Waals surface area contributed by atoms with Crippen LogP contribution in [0.4, 0.5) is 11.5 Å². The van der Waals surface area contributed by atoms with Gasteiger partial charge in [-0.2, -0.15) is 0 Å². The highest BCUT2D eigenvalue weighted by molar-refractivity contribution is 7.19. The Hall–Kier alpha value is -3.33. The Morgan fingerprint density at radius 1 is 1.12 bits per heavy atom. The largest absolute Gasteiger partial charge is 0.340 e. The van der Waals surface area contributed by atoms with E-state index in [9.17, 15) is 9.59 Å². The van der Waals surface area contributed by atoms with Crippen LogP contribution in [0.1, 0.15) is 34.9 Å². The molecule has 2 aliphatic heterocycles. The van der Waals surface area contributed by atoms with Gasteiger partial charge in [0.05, 0.1) is 11.9 Å². The number of aliphatic imine (C=N–C) groups is 1. The number of carbonyl (C=O) groups excluding carboxylic acids is 2. The highest BCUT2D eigenvalue weighted by Gasteiger charge is 2.33. The highest BCUT2D eigenvalue weighted by Crippen LogP contribution is 2.41. The molecule has 3 aliphatic rings. The minimum absolute atomic E-state index is 0.00944. The average molecular weight is 475 g/mol. The van der Waals surface area contributed by atoms with Crippen LogP contribution in [0.25, 0.3) is 10.2 Å². The first-order valence-corrected chi connectivity index (χ1v) is 12.6. The number of piperazine rings is 1. The number of aromatic nitrogens is 2. The number of nitrogens with one attached hydrogen (secondary N) is 1. The molecule has 1 aromatic carbocycles. The van der Waals surface area contributed by atoms with E-state index in [1.165, 1.54) is 16.0 Å². The molecule has 1 atom stereocenters. The van der Waals surface area contributed by atoms with E-state index < -0.39 is 0 Å². The Bertz CT molecular complexity index is 1320. The van der Waals surface area contributed by atoms with Crippen molar-refractivity contribution in [3.05, 3.63) is 46.1 Å². The number of aryl methyl sites for hydroxylation is 1. The van der Waals surface area contributed by atoms with Crippen molar-refractivity contribution >= 4 is 51.1 Å². The molecular formula is C25H26N6O2S. The molecule has 0 bridgehead atoms. The maximum Gasteiger partial charge on any atom is 0.226 e. The molecule has 1 fully saturated rings. The lowest BCUT2D eigenvalue weighted by Crippen LogP contribution is -2.51. The van der Waals surface area contributed by atoms with Crippen LogP contribution in [0.3, 0.4) is 0 Å². The predicted octanol–water partition coefficient (Wildman–Crippen LogP) is 3.16. The van der Waals surface area contributed by atoms with Gasteiger partial charge < -0.3 is 15.1 Å². The van der Waals surface area contributed by atoms with E-state index in [0.717, 1.165) is 53.1 Å². The quantitative estimate of drug-likeness (QED) is 0.630. The fraction of sp³-hybridized carbons (Fsp3) is 0.400. The molecule has 2 aromatic heterocycles. The van der Waals surface area contributed by atoms with Crippen LogP contribution in [-0.2, 0) is 29.0 Å². The standard InChI is InChI=1S/C25H26N6O2S/c1-15(32)30-6-8-31(9-7-30)25(33)16-3-5-20-21(11-16)34-24-22(20)23(27-14-28-24)29-19-4-2-17-12-26-13-18(17)10-19/h2,4,10,13-14,16H,3,5-9,11-12H2,1H3,(H,27,28,29). The Balaban J connectivity index is 1.22. The number of amides is 2. The second kappa shape index (κ2) is 8.47. The van der Waals surface area contributed by atoms with Crippen molar-refractivity contribution in [2.75, 3.05) is 31.5 Å². The summed E-state index contributed by atoms with van der Waals surface area (Å²) >= 11 is 1.68. The molecule has 9 heteroatoms. The first-order valence-electron chi connectivity index (χ1n) is 11.8. The topological polar surface area (TPSA) is 90.8 Å². The lowest BCUT2D eigenvalue weighted by Gasteiger charge is -2.36. The van der Waals surface area contributed by atoms with E-state index in [2.05, 4.69) is 38.5 Å². The number of carbonyl (C=O) groups is 2. The highest BCUT2D eigenvalue weighted by atomic mass is 32.1. The fourth-order valence-corrected chi connectivity index (χ4v) is 6.50. The Morgan fingerprint density at radius 3 is 2.76 bits per heavy atom. The zero-order valence-corrected chi connectivity index (χ0v) is 19.9. The van der Waals surface area contributed by atoms with Gasteiger partial charge in [0.25, 0.3) is 0 Å². The van der Waals surface area contributed by atoms with Gasteiger partial charge in [0.15, 0.2) is 0 Å². The second-order valence-electron chi connectivity index (χ2n) is 9.19. The minimum atomic E-state index is -0.00944. The SMILES string of the molecule is CC(=O)N1CCN(C(=O)C2CCc3c(sc4ncnc(Nc5ccc6c(c5)C=NC6)c34)C2)CC1. The van der Waals surface area contributed by atoms with Crippen LogP contribution >= 0.6 is 11.3 Å². The number of nitrogens with zero attached hydrogens (tertiary/aromatic N) is 5. The molecule has 0 radical (unpaired) electrons. The van der Waals surface area contributed by atoms with E-state index >= 15 is 0 Å². The molecular weight excluding hydrogens is 448 g/mol. The first kappa shape index (κ1) is 21.2. The molecule has 1 unspecified atom stereocenters. The summed E-state index contributed by atoms with van der Waals surface area (Å²) in [6.07, 6.45) is 5.95. The number of thiophene rings is 1. The predicted molar refractivity (Wildman–Crippen MR) is 133 cm³/mol. The monoisotopic (exact) mass is 474 g/mol. The Labute approximate surface area is 201 Å². The van der Waals surface area contributed by atoms with Crippen LogP contribution < -0.4 is 5.32 Å². The zero-order chi connectivity index (χ0) is 23.2. The number of fused-ring (bicyclic) bond motifs is 4. The van der Waals surface area contributed by atoms with Crippen molar-refractivity contribution in [2.45, 2.75) is 32.7 Å². The molecule has 2 amide bonds. The third-order valence-electron chi connectivity index (χ3n) is 7.13. The summed E-state index contributed by atoms with van der Waals surface area (Å²) in [5.41, 5.74) is 4.65. The van der Waals surface area contributed by atoms with Crippen molar-refractivity contribution in [1.82, 2.24) is 19.8 Å². The average Bonchev–Trinajstić information content (AvgIpc) is 3.47. The second-order valence-corrected chi connectivity index (χ2v) is 10.3. The summed E-state index contributed by atoms with van der Waals surface area (Å²) in [6, 6.07) is 6.29. The van der Waals surface area contributed by atoms with Gasteiger partial charge >= 0.3 is 0 Å². The van der Waals surface area contributed by atoms with Crippen molar-refractivity contribution < 1.29 is 9.59 Å². The molecule has 1 N–H and O–H groups in total. The van der Waals surface area contributed by atoms with Gasteiger partial charge in [-0.15, -0.1) is 11.3 Å². The lowest BCUT2D eigenvalue weighted by molar-refractivity contribution is -0.141. The van der Waals surface area contributed by atoms with E-state index in [1.807, 2.05) is 16.0 Å². The molecule has 1 aliphatic carbocycles. The number of hydrogen-bond acceptors (Lipinski definition) is 7. The lowest BCUT2D eigenvalue weighted by atomic mass is 9.86. The summed E-state index contributed by atoms with van der Waals surface area (Å²) in [7, 11) is 0. The van der Waals surface area contributed by atoms with Crippen molar-refractivity contribution in [2.24, 2.45) is 10.9 Å². The molecule has 8 nitrogen and oxygen atoms in total. The molecule has 0 spiro atoms. The summed E-state index contributed by atoms with van der Waals surface area (Å²) in [6.45, 7) is 4.84. The van der Waals surface area contributed by atoms with E-state index in [1.54, 1.807) is 24.6 Å². The van der Waals surface area contributed by atoms with Gasteiger partial charge in [0, 0.05) is 55.8 Å². The third-order valence-corrected chi connectivity index (χ3v) is 8.29. The van der Waals surface area contributed by atoms with Gasteiger partial charge in [-0.05, 0) is 48.1 Å². The minimum Gasteiger partial charge on any atom is -0.340 e.